The molecule has 4 saturated carbocycles. The van der Waals surface area contributed by atoms with Crippen molar-refractivity contribution in [1.82, 2.24) is 0 Å². The molecule has 0 aromatic rings. The molecule has 0 N–H and O–H groups in total. The molecule has 0 heterocycles. The van der Waals surface area contributed by atoms with Gasteiger partial charge in [-0.05, 0) is 151 Å². The molecule has 0 aliphatic heterocycles. The Bertz CT molecular complexity index is 1590. The minimum atomic E-state index is -0.826. The summed E-state index contributed by atoms with van der Waals surface area (Å²) in [5, 5.41) is 0. The summed E-state index contributed by atoms with van der Waals surface area (Å²) < 4.78 is 0. The average Bonchev–Trinajstić information content (AvgIpc) is 4.06. The van der Waals surface area contributed by atoms with Crippen LogP contribution in [0.3, 0.4) is 0 Å². The molecule has 63 heavy (non-hydrogen) atoms. The summed E-state index contributed by atoms with van der Waals surface area (Å²) in [6.45, 7) is 22.8. The first kappa shape index (κ1) is 61.3. The third-order valence-electron chi connectivity index (χ3n) is 16.5. The van der Waals surface area contributed by atoms with E-state index in [1.807, 2.05) is 0 Å². The molecule has 0 aromatic heterocycles. The average molecular weight is 1100 g/mol. The van der Waals surface area contributed by atoms with Crippen LogP contribution in [-0.2, 0) is 41.7 Å². The minimum absolute atomic E-state index is 0. The monoisotopic (exact) mass is 1090 g/mol. The molecule has 6 heteroatoms. The summed E-state index contributed by atoms with van der Waals surface area (Å²) >= 11 is -1.65. The molecule has 0 saturated heterocycles. The fourth-order valence-corrected chi connectivity index (χ4v) is 13.9. The summed E-state index contributed by atoms with van der Waals surface area (Å²) in [6, 6.07) is 0. The second-order valence-corrected chi connectivity index (χ2v) is 27.9. The molecule has 8 aliphatic carbocycles. The summed E-state index contributed by atoms with van der Waals surface area (Å²) in [4.78, 5) is 0. The molecule has 0 spiro atoms. The second-order valence-electron chi connectivity index (χ2n) is 20.5. The van der Waals surface area contributed by atoms with E-state index in [0.717, 1.165) is 36.5 Å². The van der Waals surface area contributed by atoms with E-state index in [-0.39, 0.29) is 35.1 Å². The van der Waals surface area contributed by atoms with Crippen LogP contribution in [-0.4, -0.2) is 0 Å². The van der Waals surface area contributed by atoms with Crippen molar-refractivity contribution in [2.24, 2.45) is 87.3 Å². The molecule has 350 valence electrons. The van der Waals surface area contributed by atoms with Gasteiger partial charge >= 0.3 is 75.7 Å². The maximum atomic E-state index is 4.93. The van der Waals surface area contributed by atoms with Crippen LogP contribution in [0.25, 0.3) is 0 Å². The van der Waals surface area contributed by atoms with Gasteiger partial charge in [-0.3, -0.25) is 0 Å². The zero-order valence-corrected chi connectivity index (χ0v) is 49.0. The van der Waals surface area contributed by atoms with Gasteiger partial charge in [-0.1, -0.05) is 163 Å². The molecule has 8 aliphatic rings. The zero-order valence-electron chi connectivity index (χ0n) is 41.1. The van der Waals surface area contributed by atoms with Crippen LogP contribution in [0.4, 0.5) is 0 Å². The van der Waals surface area contributed by atoms with Gasteiger partial charge in [0, 0.05) is 0 Å². The van der Waals surface area contributed by atoms with Gasteiger partial charge in [0.05, 0.1) is 0 Å². The Morgan fingerprint density at radius 2 is 0.857 bits per heavy atom. The normalized spacial score (nSPS) is 32.1. The van der Waals surface area contributed by atoms with Gasteiger partial charge in [0.15, 0.2) is 0 Å². The standard InChI is InChI=1S/C29H42.C24H32.4CH3.4ClH.2Zr/c1-7-8-17-29(6,21-11-9-10-12-21)27-25-18-20(2)13-15-23(25)24-16-14-22(19-26(24)27)28(3,4)5;1-3-4-17-24(2,18-11-5-6-12-18)23-21-15-9-7-13-19(21)20-14-8-10-16-22(20)23;;;;;;;;;;/h7,13-16,18-19,21,23-27H,1,8-12,17H2,2-6H3;3,7-10,13-16,18-23H,1,4-6,11-12,17H2,2H3;4*1H3;4*1H;;/q;;4*-1;;;;;2*+4/p-4. The molecular formula is C57H86Cl4Zr2. The molecule has 0 radical (unpaired) electrons. The van der Waals surface area contributed by atoms with Gasteiger partial charge in [0.2, 0.25) is 0 Å². The Balaban J connectivity index is 0.000000536. The Morgan fingerprint density at radius 3 is 1.24 bits per heavy atom. The van der Waals surface area contributed by atoms with Crippen molar-refractivity contribution in [1.29, 1.82) is 0 Å². The van der Waals surface area contributed by atoms with Crippen molar-refractivity contribution < 1.29 is 41.7 Å². The first-order valence-electron chi connectivity index (χ1n) is 23.0. The van der Waals surface area contributed by atoms with Crippen molar-refractivity contribution >= 4 is 34.1 Å². The third kappa shape index (κ3) is 14.2. The zero-order chi connectivity index (χ0) is 42.8. The van der Waals surface area contributed by atoms with Crippen molar-refractivity contribution in [3.63, 3.8) is 0 Å². The van der Waals surface area contributed by atoms with Crippen molar-refractivity contribution in [2.45, 2.75) is 119 Å². The number of hydrogen-bond acceptors (Lipinski definition) is 0. The number of hydrogen-bond donors (Lipinski definition) is 0. The quantitative estimate of drug-likeness (QED) is 0.151. The maximum absolute atomic E-state index is 4.93. The van der Waals surface area contributed by atoms with E-state index in [2.05, 4.69) is 152 Å². The second kappa shape index (κ2) is 28.7. The summed E-state index contributed by atoms with van der Waals surface area (Å²) in [6.07, 6.45) is 55.3. The Hall–Kier alpha value is 0.326. The van der Waals surface area contributed by atoms with Crippen molar-refractivity contribution in [3.05, 3.63) is 151 Å². The van der Waals surface area contributed by atoms with Crippen LogP contribution in [0.1, 0.15) is 119 Å². The van der Waals surface area contributed by atoms with Gasteiger partial charge in [0.1, 0.15) is 0 Å². The molecular weight excluding hydrogens is 1010 g/mol. The van der Waals surface area contributed by atoms with Gasteiger partial charge in [-0.2, -0.15) is 0 Å². The van der Waals surface area contributed by atoms with E-state index in [1.165, 1.54) is 69.8 Å². The molecule has 0 nitrogen and oxygen atoms in total. The molecule has 0 aromatic carbocycles. The van der Waals surface area contributed by atoms with E-state index in [9.17, 15) is 0 Å². The summed E-state index contributed by atoms with van der Waals surface area (Å²) in [7, 11) is 19.7. The van der Waals surface area contributed by atoms with E-state index < -0.39 is 41.7 Å². The molecule has 8 rings (SSSR count). The van der Waals surface area contributed by atoms with Crippen LogP contribution < -0.4 is 0 Å². The van der Waals surface area contributed by atoms with Crippen LogP contribution in [0.2, 0.25) is 0 Å². The molecule has 11 atom stereocenters. The van der Waals surface area contributed by atoms with Gasteiger partial charge in [0.25, 0.3) is 0 Å². The van der Waals surface area contributed by atoms with Crippen molar-refractivity contribution in [3.8, 4) is 0 Å². The van der Waals surface area contributed by atoms with Crippen molar-refractivity contribution in [2.75, 3.05) is 0 Å². The molecule has 11 unspecified atom stereocenters. The van der Waals surface area contributed by atoms with Crippen LogP contribution in [0.5, 0.6) is 0 Å². The van der Waals surface area contributed by atoms with E-state index >= 15 is 0 Å². The predicted octanol–water partition coefficient (Wildman–Crippen LogP) is 19.4. The Labute approximate surface area is 428 Å². The Kier molecular flexibility index (Phi) is 28.0. The fourth-order valence-electron chi connectivity index (χ4n) is 13.9. The van der Waals surface area contributed by atoms with E-state index in [1.54, 1.807) is 5.57 Å². The number of halogens is 4. The first-order chi connectivity index (χ1) is 28.3. The van der Waals surface area contributed by atoms with Gasteiger partial charge in [-0.15, -0.1) is 13.2 Å². The van der Waals surface area contributed by atoms with Gasteiger partial charge < -0.3 is 29.7 Å². The fraction of sp³-hybridized carbons (Fsp3) is 0.579. The Morgan fingerprint density at radius 1 is 0.524 bits per heavy atom. The van der Waals surface area contributed by atoms with Crippen LogP contribution in [0, 0.1) is 117 Å². The van der Waals surface area contributed by atoms with E-state index in [0.29, 0.717) is 58.2 Å². The molecule has 0 bridgehead atoms. The summed E-state index contributed by atoms with van der Waals surface area (Å²) in [5.41, 5.74) is 4.09. The van der Waals surface area contributed by atoms with Gasteiger partial charge in [-0.25, -0.2) is 0 Å². The molecule has 0 amide bonds. The van der Waals surface area contributed by atoms with Crippen LogP contribution in [0.15, 0.2) is 122 Å². The van der Waals surface area contributed by atoms with Crippen LogP contribution >= 0.6 is 34.1 Å². The number of allylic oxidation sites excluding steroid dienone is 18. The first-order valence-corrected chi connectivity index (χ1v) is 35.6. The predicted molar refractivity (Wildman–Crippen MR) is 279 cm³/mol. The summed E-state index contributed by atoms with van der Waals surface area (Å²) in [5.74, 6) is 8.84. The SMILES string of the molecule is C=CCCC(C)(C1CCCC1)C1C2C=C(C)C=CC2C2C=CC(C(C)(C)C)=CC21.C=CCCC(C)(C1CCCC1)C1C2C=CC=CC2C2C=CC=CC21.[CH3-].[CH3-].[CH3-].[CH3-].[Cl][Zr+2][Cl].[Cl][Zr+2][Cl]. The third-order valence-corrected chi connectivity index (χ3v) is 16.5. The number of fused-ring (bicyclic) bond motifs is 6. The van der Waals surface area contributed by atoms with E-state index in [4.69, 9.17) is 34.1 Å². The number of rotatable bonds is 10. The topological polar surface area (TPSA) is 0 Å². The molecule has 4 fully saturated rings.